The number of halogens is 3. The Morgan fingerprint density at radius 2 is 1.77 bits per heavy atom. The van der Waals surface area contributed by atoms with Gasteiger partial charge in [0.05, 0.1) is 44.6 Å². The third-order valence-corrected chi connectivity index (χ3v) is 9.38. The third-order valence-electron chi connectivity index (χ3n) is 8.33. The molecule has 0 radical (unpaired) electrons. The third kappa shape index (κ3) is 6.44. The average molecular weight is 689 g/mol. The van der Waals surface area contributed by atoms with Gasteiger partial charge in [-0.1, -0.05) is 24.3 Å². The maximum absolute atomic E-state index is 13.2. The van der Waals surface area contributed by atoms with E-state index in [2.05, 4.69) is 25.5 Å². The van der Waals surface area contributed by atoms with E-state index in [1.165, 1.54) is 38.6 Å². The van der Waals surface area contributed by atoms with Gasteiger partial charge in [0.25, 0.3) is 17.4 Å². The van der Waals surface area contributed by atoms with Gasteiger partial charge in [0, 0.05) is 49.0 Å². The lowest BCUT2D eigenvalue weighted by Gasteiger charge is -2.46. The van der Waals surface area contributed by atoms with Crippen molar-refractivity contribution < 1.29 is 46.8 Å². The van der Waals surface area contributed by atoms with Crippen LogP contribution in [0, 0.1) is 0 Å². The van der Waals surface area contributed by atoms with Crippen molar-refractivity contribution in [1.29, 1.82) is 0 Å². The molecule has 13 nitrogen and oxygen atoms in total. The van der Waals surface area contributed by atoms with E-state index in [1.54, 1.807) is 6.07 Å². The van der Waals surface area contributed by atoms with Gasteiger partial charge in [0.15, 0.2) is 5.75 Å². The molecule has 17 heteroatoms. The number of hydrogen-bond acceptors (Lipinski definition) is 14. The molecule has 1 aromatic carbocycles. The number of carbonyl (C=O) groups is 2. The zero-order valence-electron chi connectivity index (χ0n) is 26.0. The highest BCUT2D eigenvalue weighted by Gasteiger charge is 2.67. The standard InChI is InChI=1S/C31H31F3N6O7S/c1-40(26-21-10-20(14-31(32,33)34)48-28(21)37-16-36-26)29-12-19(13-30(29,43)47-25(42)9-8-24(41)46-29)35-15-17-4-6-18(7-5-17)22-11-23(44-2)27(45-3)39-38-22/h4-7,10-11,16,19,35,43H,8-9,12-15H2,1-3H3/t19-,29+,30-/m1/s1. The molecule has 2 N–H and O–H groups in total. The SMILES string of the molecule is COc1cc(-c2ccc(CN[C@H]3C[C@@]4(O)OC(=O)CCC(=O)O[C@@]4(N(C)c4ncnc5sc(CC(F)(F)F)cc45)C3)cc2)nnc1OC. The molecule has 2 fully saturated rings. The van der Waals surface area contributed by atoms with Gasteiger partial charge in [0.2, 0.25) is 0 Å². The van der Waals surface area contributed by atoms with Gasteiger partial charge in [-0.15, -0.1) is 21.5 Å². The predicted octanol–water partition coefficient (Wildman–Crippen LogP) is 3.92. The minimum absolute atomic E-state index is 0.0108. The molecule has 0 amide bonds. The first-order valence-electron chi connectivity index (χ1n) is 14.8. The molecule has 4 heterocycles. The molecule has 0 unspecified atom stereocenters. The number of anilines is 1. The fourth-order valence-electron chi connectivity index (χ4n) is 6.06. The summed E-state index contributed by atoms with van der Waals surface area (Å²) in [5.41, 5.74) is 0.252. The normalized spacial score (nSPS) is 22.8. The number of thiophene rings is 1. The Morgan fingerprint density at radius 3 is 2.46 bits per heavy atom. The molecule has 0 spiro atoms. The Labute approximate surface area is 276 Å². The summed E-state index contributed by atoms with van der Waals surface area (Å²) in [4.78, 5) is 35.8. The van der Waals surface area contributed by atoms with Crippen molar-refractivity contribution in [3.63, 3.8) is 0 Å². The van der Waals surface area contributed by atoms with Crippen molar-refractivity contribution in [2.24, 2.45) is 0 Å². The van der Waals surface area contributed by atoms with Crippen LogP contribution in [0.2, 0.25) is 0 Å². The topological polar surface area (TPSA) is 158 Å². The number of ether oxygens (including phenoxy) is 4. The second kappa shape index (κ2) is 12.8. The van der Waals surface area contributed by atoms with Gasteiger partial charge in [-0.05, 0) is 11.6 Å². The van der Waals surface area contributed by atoms with E-state index >= 15 is 0 Å². The molecule has 3 atom stereocenters. The molecule has 6 rings (SSSR count). The van der Waals surface area contributed by atoms with E-state index in [0.717, 1.165) is 22.5 Å². The zero-order chi connectivity index (χ0) is 34.3. The zero-order valence-corrected chi connectivity index (χ0v) is 26.9. The minimum Gasteiger partial charge on any atom is -0.491 e. The summed E-state index contributed by atoms with van der Waals surface area (Å²) in [5, 5.41) is 23.8. The van der Waals surface area contributed by atoms with Crippen LogP contribution in [0.1, 0.15) is 36.1 Å². The quantitative estimate of drug-likeness (QED) is 0.244. The minimum atomic E-state index is -4.44. The summed E-state index contributed by atoms with van der Waals surface area (Å²) in [6, 6.07) is 9.96. The van der Waals surface area contributed by atoms with Crippen LogP contribution in [0.5, 0.6) is 11.6 Å². The number of aliphatic hydroxyl groups is 1. The lowest BCUT2D eigenvalue weighted by atomic mass is 10.0. The Hall–Kier alpha value is -4.61. The van der Waals surface area contributed by atoms with E-state index in [4.69, 9.17) is 18.9 Å². The molecule has 48 heavy (non-hydrogen) atoms. The van der Waals surface area contributed by atoms with E-state index < -0.39 is 42.1 Å². The fourth-order valence-corrected chi connectivity index (χ4v) is 7.08. The summed E-state index contributed by atoms with van der Waals surface area (Å²) >= 11 is 0.857. The smallest absolute Gasteiger partial charge is 0.393 e. The van der Waals surface area contributed by atoms with Crippen LogP contribution in [0.4, 0.5) is 19.0 Å². The van der Waals surface area contributed by atoms with Crippen LogP contribution in [0.3, 0.4) is 0 Å². The average Bonchev–Trinajstić information content (AvgIpc) is 3.57. The molecule has 4 aromatic rings. The number of esters is 2. The second-order valence-electron chi connectivity index (χ2n) is 11.5. The van der Waals surface area contributed by atoms with Gasteiger partial charge in [-0.2, -0.15) is 13.2 Å². The number of methoxy groups -OCH3 is 2. The molecule has 1 saturated carbocycles. The highest BCUT2D eigenvalue weighted by molar-refractivity contribution is 7.18. The highest BCUT2D eigenvalue weighted by Crippen LogP contribution is 2.49. The van der Waals surface area contributed by atoms with Gasteiger partial charge < -0.3 is 34.3 Å². The molecule has 254 valence electrons. The highest BCUT2D eigenvalue weighted by atomic mass is 32.1. The van der Waals surface area contributed by atoms with Crippen LogP contribution in [-0.2, 0) is 32.0 Å². The molecule has 1 aliphatic heterocycles. The molecule has 3 aromatic heterocycles. The molecule has 1 saturated heterocycles. The number of fused-ring (bicyclic) bond motifs is 2. The van der Waals surface area contributed by atoms with Crippen LogP contribution < -0.4 is 19.7 Å². The molecule has 0 bridgehead atoms. The number of aromatic nitrogens is 4. The van der Waals surface area contributed by atoms with Crippen molar-refractivity contribution in [1.82, 2.24) is 25.5 Å². The first kappa shape index (κ1) is 33.3. The van der Waals surface area contributed by atoms with Crippen LogP contribution in [-0.4, -0.2) is 82.2 Å². The summed E-state index contributed by atoms with van der Waals surface area (Å²) in [6.45, 7) is 0.323. The van der Waals surface area contributed by atoms with Gasteiger partial charge in [-0.25, -0.2) is 9.97 Å². The number of hydrogen-bond donors (Lipinski definition) is 2. The Balaban J connectivity index is 1.27. The van der Waals surface area contributed by atoms with Crippen molar-refractivity contribution in [2.75, 3.05) is 26.2 Å². The first-order chi connectivity index (χ1) is 22.8. The molecule has 1 aliphatic carbocycles. The van der Waals surface area contributed by atoms with Crippen molar-refractivity contribution in [2.45, 2.75) is 62.4 Å². The number of rotatable bonds is 9. The van der Waals surface area contributed by atoms with Crippen LogP contribution >= 0.6 is 11.3 Å². The monoisotopic (exact) mass is 688 g/mol. The van der Waals surface area contributed by atoms with Gasteiger partial charge in [-0.3, -0.25) is 9.59 Å². The number of benzene rings is 1. The number of likely N-dealkylation sites (N-methyl/N-ethyl adjacent to an activating group) is 1. The summed E-state index contributed by atoms with van der Waals surface area (Å²) < 4.78 is 61.6. The Bertz CT molecular complexity index is 1840. The van der Waals surface area contributed by atoms with Crippen LogP contribution in [0.25, 0.3) is 21.5 Å². The fraction of sp³-hybridized carbons (Fsp3) is 0.419. The maximum atomic E-state index is 13.2. The van der Waals surface area contributed by atoms with Gasteiger partial charge >= 0.3 is 18.1 Å². The van der Waals surface area contributed by atoms with Crippen molar-refractivity contribution in [3.05, 3.63) is 53.2 Å². The van der Waals surface area contributed by atoms with E-state index in [-0.39, 0.29) is 52.5 Å². The van der Waals surface area contributed by atoms with E-state index in [0.29, 0.717) is 18.0 Å². The molecule has 2 aliphatic rings. The van der Waals surface area contributed by atoms with Gasteiger partial charge in [0.1, 0.15) is 17.0 Å². The first-order valence-corrected chi connectivity index (χ1v) is 15.6. The van der Waals surface area contributed by atoms with E-state index in [1.807, 2.05) is 24.3 Å². The van der Waals surface area contributed by atoms with Crippen molar-refractivity contribution >= 4 is 39.3 Å². The van der Waals surface area contributed by atoms with Crippen LogP contribution in [0.15, 0.2) is 42.7 Å². The number of carbonyl (C=O) groups excluding carboxylic acids is 2. The van der Waals surface area contributed by atoms with E-state index in [9.17, 15) is 27.9 Å². The molecular weight excluding hydrogens is 657 g/mol. The lowest BCUT2D eigenvalue weighted by molar-refractivity contribution is -0.282. The van der Waals surface area contributed by atoms with Crippen molar-refractivity contribution in [3.8, 4) is 22.9 Å². The number of nitrogens with one attached hydrogen (secondary N) is 1. The largest absolute Gasteiger partial charge is 0.491 e. The second-order valence-corrected chi connectivity index (χ2v) is 12.6. The maximum Gasteiger partial charge on any atom is 0.393 e. The summed E-state index contributed by atoms with van der Waals surface area (Å²) in [6.07, 6.45) is -5.21. The summed E-state index contributed by atoms with van der Waals surface area (Å²) in [7, 11) is 4.46. The number of nitrogens with zero attached hydrogens (tertiary/aromatic N) is 5. The Kier molecular flexibility index (Phi) is 8.86. The lowest BCUT2D eigenvalue weighted by Crippen LogP contribution is -2.65. The number of alkyl halides is 3. The summed E-state index contributed by atoms with van der Waals surface area (Å²) in [5.74, 6) is -3.08. The Morgan fingerprint density at radius 1 is 1.04 bits per heavy atom. The molecular formula is C31H31F3N6O7S. The predicted molar refractivity (Wildman–Crippen MR) is 165 cm³/mol.